The summed E-state index contributed by atoms with van der Waals surface area (Å²) in [5.74, 6) is 0.674. The van der Waals surface area contributed by atoms with Gasteiger partial charge >= 0.3 is 0 Å². The monoisotopic (exact) mass is 422 g/mol. The molecule has 0 radical (unpaired) electrons. The molecule has 0 aliphatic rings. The number of nitrogens with one attached hydrogen (secondary N) is 2. The van der Waals surface area contributed by atoms with Crippen LogP contribution in [0, 0.1) is 0 Å². The fraction of sp³-hybridized carbons (Fsp3) is 0.0952. The van der Waals surface area contributed by atoms with E-state index in [0.29, 0.717) is 24.0 Å². The second-order valence-electron chi connectivity index (χ2n) is 6.52. The van der Waals surface area contributed by atoms with Gasteiger partial charge in [0.25, 0.3) is 0 Å². The van der Waals surface area contributed by atoms with Crippen LogP contribution in [-0.2, 0) is 13.1 Å². The molecule has 0 spiro atoms. The van der Waals surface area contributed by atoms with E-state index in [2.05, 4.69) is 33.0 Å². The Kier molecular flexibility index (Phi) is 5.88. The van der Waals surface area contributed by atoms with Crippen molar-refractivity contribution in [3.63, 3.8) is 0 Å². The molecule has 0 fully saturated rings. The molecule has 0 amide bonds. The van der Waals surface area contributed by atoms with Crippen LogP contribution in [0.15, 0.2) is 79.3 Å². The number of hydrogen-bond acceptors (Lipinski definition) is 3. The lowest BCUT2D eigenvalue weighted by atomic mass is 10.2. The lowest BCUT2D eigenvalue weighted by molar-refractivity contribution is 0.687. The van der Waals surface area contributed by atoms with Crippen LogP contribution >= 0.6 is 23.8 Å². The van der Waals surface area contributed by atoms with Crippen LogP contribution in [0.5, 0.6) is 0 Å². The van der Waals surface area contributed by atoms with Crippen LogP contribution in [0.1, 0.15) is 11.1 Å². The van der Waals surface area contributed by atoms with Gasteiger partial charge in [-0.15, -0.1) is 0 Å². The van der Waals surface area contributed by atoms with Crippen molar-refractivity contribution in [2.75, 3.05) is 10.6 Å². The van der Waals surface area contributed by atoms with Gasteiger partial charge < -0.3 is 10.6 Å². The van der Waals surface area contributed by atoms with E-state index in [9.17, 15) is 0 Å². The molecule has 2 heterocycles. The van der Waals surface area contributed by atoms with Gasteiger partial charge in [0.15, 0.2) is 10.9 Å². The lowest BCUT2D eigenvalue weighted by Crippen LogP contribution is -2.19. The first-order valence-corrected chi connectivity index (χ1v) is 9.85. The summed E-state index contributed by atoms with van der Waals surface area (Å²) in [6.07, 6.45) is 5.56. The summed E-state index contributed by atoms with van der Waals surface area (Å²) in [7, 11) is 0. The Hall–Kier alpha value is -3.16. The summed E-state index contributed by atoms with van der Waals surface area (Å²) in [6.45, 7) is 1.36. The number of anilines is 2. The molecule has 4 rings (SSSR count). The van der Waals surface area contributed by atoms with Crippen molar-refractivity contribution in [1.29, 1.82) is 0 Å². The second kappa shape index (κ2) is 8.89. The summed E-state index contributed by atoms with van der Waals surface area (Å²) in [5.41, 5.74) is 3.13. The molecule has 0 saturated carbocycles. The number of hydrogen-bond donors (Lipinski definition) is 2. The maximum atomic E-state index is 5.92. The van der Waals surface area contributed by atoms with Crippen molar-refractivity contribution in [2.24, 2.45) is 0 Å². The van der Waals surface area contributed by atoms with E-state index in [-0.39, 0.29) is 0 Å². The highest BCUT2D eigenvalue weighted by molar-refractivity contribution is 7.80. The Morgan fingerprint density at radius 1 is 0.897 bits per heavy atom. The standard InChI is InChI=1S/C21H19ClN6S/c22-18-8-6-17(7-9-18)13-27-11-10-20(26-27)25-21(29)24-19-12-23-28(15-19)14-16-4-2-1-3-5-16/h1-12,15H,13-14H2,(H2,24,25,26,29). The zero-order chi connectivity index (χ0) is 20.1. The zero-order valence-electron chi connectivity index (χ0n) is 15.5. The summed E-state index contributed by atoms with van der Waals surface area (Å²) < 4.78 is 3.70. The SMILES string of the molecule is S=C(Nc1cnn(Cc2ccccc2)c1)Nc1ccn(Cc2ccc(Cl)cc2)n1. The molecule has 0 aliphatic heterocycles. The highest BCUT2D eigenvalue weighted by Crippen LogP contribution is 2.12. The van der Waals surface area contributed by atoms with E-state index in [1.807, 2.05) is 70.3 Å². The summed E-state index contributed by atoms with van der Waals surface area (Å²) in [6, 6.07) is 19.8. The summed E-state index contributed by atoms with van der Waals surface area (Å²) >= 11 is 11.3. The number of rotatable bonds is 6. The second-order valence-corrected chi connectivity index (χ2v) is 7.36. The van der Waals surface area contributed by atoms with Gasteiger partial charge in [-0.3, -0.25) is 9.36 Å². The van der Waals surface area contributed by atoms with E-state index >= 15 is 0 Å². The number of aromatic nitrogens is 4. The number of benzene rings is 2. The van der Waals surface area contributed by atoms with Crippen molar-refractivity contribution in [1.82, 2.24) is 19.6 Å². The molecule has 6 nitrogen and oxygen atoms in total. The fourth-order valence-electron chi connectivity index (χ4n) is 2.86. The van der Waals surface area contributed by atoms with Crippen LogP contribution < -0.4 is 10.6 Å². The molecular weight excluding hydrogens is 404 g/mol. The van der Waals surface area contributed by atoms with Gasteiger partial charge in [0.1, 0.15) is 0 Å². The summed E-state index contributed by atoms with van der Waals surface area (Å²) in [5, 5.41) is 16.3. The van der Waals surface area contributed by atoms with E-state index in [4.69, 9.17) is 23.8 Å². The molecule has 2 aromatic carbocycles. The quantitative estimate of drug-likeness (QED) is 0.443. The Morgan fingerprint density at radius 2 is 1.62 bits per heavy atom. The minimum absolute atomic E-state index is 0.459. The van der Waals surface area contributed by atoms with Gasteiger partial charge in [-0.25, -0.2) is 0 Å². The van der Waals surface area contributed by atoms with Gasteiger partial charge in [0.05, 0.1) is 25.0 Å². The molecule has 2 N–H and O–H groups in total. The maximum absolute atomic E-state index is 5.92. The lowest BCUT2D eigenvalue weighted by Gasteiger charge is -2.06. The van der Waals surface area contributed by atoms with Gasteiger partial charge in [-0.1, -0.05) is 54.1 Å². The minimum atomic E-state index is 0.459. The van der Waals surface area contributed by atoms with Crippen LogP contribution in [0.25, 0.3) is 0 Å². The zero-order valence-corrected chi connectivity index (χ0v) is 17.1. The first-order valence-electron chi connectivity index (χ1n) is 9.06. The Labute approximate surface area is 179 Å². The van der Waals surface area contributed by atoms with Gasteiger partial charge in [0.2, 0.25) is 0 Å². The van der Waals surface area contributed by atoms with Crippen molar-refractivity contribution >= 4 is 40.4 Å². The number of thiocarbonyl (C=S) groups is 1. The molecule has 0 saturated heterocycles. The van der Waals surface area contributed by atoms with Crippen LogP contribution in [0.4, 0.5) is 11.5 Å². The Bertz CT molecular complexity index is 1090. The maximum Gasteiger partial charge on any atom is 0.176 e. The summed E-state index contributed by atoms with van der Waals surface area (Å²) in [4.78, 5) is 0. The average molecular weight is 423 g/mol. The van der Waals surface area contributed by atoms with E-state index in [0.717, 1.165) is 16.3 Å². The predicted octanol–water partition coefficient (Wildman–Crippen LogP) is 4.64. The topological polar surface area (TPSA) is 59.7 Å². The highest BCUT2D eigenvalue weighted by atomic mass is 35.5. The minimum Gasteiger partial charge on any atom is -0.330 e. The van der Waals surface area contributed by atoms with E-state index in [1.165, 1.54) is 5.56 Å². The Balaban J connectivity index is 1.31. The Morgan fingerprint density at radius 3 is 2.41 bits per heavy atom. The third-order valence-corrected chi connectivity index (χ3v) is 4.67. The van der Waals surface area contributed by atoms with Crippen LogP contribution in [0.3, 0.4) is 0 Å². The molecule has 8 heteroatoms. The predicted molar refractivity (Wildman–Crippen MR) is 120 cm³/mol. The first-order chi connectivity index (χ1) is 14.1. The highest BCUT2D eigenvalue weighted by Gasteiger charge is 2.05. The number of nitrogens with zero attached hydrogens (tertiary/aromatic N) is 4. The molecule has 0 aliphatic carbocycles. The molecule has 146 valence electrons. The molecule has 0 atom stereocenters. The molecule has 4 aromatic rings. The van der Waals surface area contributed by atoms with Crippen molar-refractivity contribution < 1.29 is 0 Å². The third kappa shape index (κ3) is 5.43. The number of halogens is 1. The molecule has 29 heavy (non-hydrogen) atoms. The first kappa shape index (κ1) is 19.2. The molecule has 0 bridgehead atoms. The molecule has 2 aromatic heterocycles. The van der Waals surface area contributed by atoms with Crippen molar-refractivity contribution in [3.8, 4) is 0 Å². The van der Waals surface area contributed by atoms with Crippen molar-refractivity contribution in [3.05, 3.63) is 95.4 Å². The third-order valence-electron chi connectivity index (χ3n) is 4.22. The van der Waals surface area contributed by atoms with Gasteiger partial charge in [-0.2, -0.15) is 10.2 Å². The average Bonchev–Trinajstić information content (AvgIpc) is 3.34. The molecule has 0 unspecified atom stereocenters. The largest absolute Gasteiger partial charge is 0.330 e. The smallest absolute Gasteiger partial charge is 0.176 e. The van der Waals surface area contributed by atoms with E-state index < -0.39 is 0 Å². The van der Waals surface area contributed by atoms with Gasteiger partial charge in [0, 0.05) is 23.5 Å². The molecular formula is C21H19ClN6S. The van der Waals surface area contributed by atoms with Crippen LogP contribution in [0.2, 0.25) is 5.02 Å². The van der Waals surface area contributed by atoms with Crippen molar-refractivity contribution in [2.45, 2.75) is 13.1 Å². The fourth-order valence-corrected chi connectivity index (χ4v) is 3.21. The normalized spacial score (nSPS) is 10.7. The van der Waals surface area contributed by atoms with Crippen LogP contribution in [-0.4, -0.2) is 24.7 Å². The van der Waals surface area contributed by atoms with E-state index in [1.54, 1.807) is 6.20 Å². The van der Waals surface area contributed by atoms with Gasteiger partial charge in [-0.05, 0) is 35.5 Å².